The second-order valence-corrected chi connectivity index (χ2v) is 9.98. The number of nitrogens with one attached hydrogen (secondary N) is 1. The zero-order valence-corrected chi connectivity index (χ0v) is 19.1. The molecule has 0 saturated carbocycles. The van der Waals surface area contributed by atoms with Gasteiger partial charge in [0.25, 0.3) is 11.8 Å². The van der Waals surface area contributed by atoms with Gasteiger partial charge >= 0.3 is 5.97 Å². The zero-order chi connectivity index (χ0) is 22.8. The maximum atomic E-state index is 13.6. The molecule has 6 nitrogen and oxygen atoms in total. The molecule has 1 saturated heterocycles. The van der Waals surface area contributed by atoms with Crippen molar-refractivity contribution in [3.8, 4) is 5.75 Å². The summed E-state index contributed by atoms with van der Waals surface area (Å²) in [7, 11) is 0. The molecule has 0 spiro atoms. The van der Waals surface area contributed by atoms with Crippen molar-refractivity contribution >= 4 is 62.9 Å². The van der Waals surface area contributed by atoms with Crippen LogP contribution in [0, 0.1) is 0 Å². The molecule has 160 valence electrons. The molecule has 1 fully saturated rings. The van der Waals surface area contributed by atoms with Gasteiger partial charge in [-0.15, -0.1) is 0 Å². The van der Waals surface area contributed by atoms with E-state index in [9.17, 15) is 14.4 Å². The van der Waals surface area contributed by atoms with E-state index in [4.69, 9.17) is 17.0 Å². The molecule has 2 aromatic rings. The lowest BCUT2D eigenvalue weighted by atomic mass is 9.89. The number of benzene rings is 2. The van der Waals surface area contributed by atoms with Gasteiger partial charge in [-0.1, -0.05) is 48.3 Å². The first-order chi connectivity index (χ1) is 15.2. The summed E-state index contributed by atoms with van der Waals surface area (Å²) in [6.45, 7) is 5.86. The van der Waals surface area contributed by atoms with Crippen LogP contribution in [0.15, 0.2) is 53.4 Å². The smallest absolute Gasteiger partial charge is 0.343 e. The zero-order valence-electron chi connectivity index (χ0n) is 17.5. The van der Waals surface area contributed by atoms with Crippen molar-refractivity contribution in [1.29, 1.82) is 0 Å². The van der Waals surface area contributed by atoms with Gasteiger partial charge in [-0.3, -0.25) is 14.5 Å². The molecule has 3 aliphatic heterocycles. The number of ether oxygens (including phenoxy) is 1. The molecule has 1 N–H and O–H groups in total. The number of hydrogen-bond donors (Lipinski definition) is 1. The molecule has 8 heteroatoms. The van der Waals surface area contributed by atoms with Gasteiger partial charge in [0.1, 0.15) is 10.1 Å². The Morgan fingerprint density at radius 1 is 1.12 bits per heavy atom. The molecule has 3 aliphatic rings. The monoisotopic (exact) mass is 462 g/mol. The van der Waals surface area contributed by atoms with Crippen LogP contribution >= 0.6 is 24.0 Å². The molecule has 0 atom stereocenters. The lowest BCUT2D eigenvalue weighted by Crippen LogP contribution is -2.46. The lowest BCUT2D eigenvalue weighted by Gasteiger charge is -2.38. The maximum absolute atomic E-state index is 13.6. The molecular weight excluding hydrogens is 444 g/mol. The van der Waals surface area contributed by atoms with Gasteiger partial charge < -0.3 is 10.1 Å². The van der Waals surface area contributed by atoms with Crippen molar-refractivity contribution in [2.45, 2.75) is 26.3 Å². The first-order valence-electron chi connectivity index (χ1n) is 9.95. The molecular formula is C24H18N2O4S2. The Hall–Kier alpha value is -3.23. The molecule has 5 rings (SSSR count). The number of carbonyl (C=O) groups excluding carboxylic acids is 3. The number of thioether (sulfide) groups is 1. The topological polar surface area (TPSA) is 75.7 Å². The first kappa shape index (κ1) is 20.7. The van der Waals surface area contributed by atoms with Crippen LogP contribution in [-0.2, 0) is 9.59 Å². The van der Waals surface area contributed by atoms with Gasteiger partial charge in [-0.2, -0.15) is 0 Å². The molecule has 2 aromatic carbocycles. The summed E-state index contributed by atoms with van der Waals surface area (Å²) in [5, 5.41) is 2.58. The average molecular weight is 463 g/mol. The summed E-state index contributed by atoms with van der Waals surface area (Å²) in [6.07, 6.45) is 2.00. The van der Waals surface area contributed by atoms with E-state index in [0.717, 1.165) is 22.9 Å². The SMILES string of the molecule is CC1=CC(C)(C)N2C(=O)/C(=C3\SC(=S)NC3=O)c3cc(OC(=O)c4ccccc4)cc1c32. The highest BCUT2D eigenvalue weighted by Crippen LogP contribution is 2.52. The van der Waals surface area contributed by atoms with E-state index in [1.165, 1.54) is 0 Å². The van der Waals surface area contributed by atoms with Gasteiger partial charge in [-0.25, -0.2) is 4.79 Å². The minimum absolute atomic E-state index is 0.261. The predicted molar refractivity (Wildman–Crippen MR) is 128 cm³/mol. The molecule has 0 radical (unpaired) electrons. The van der Waals surface area contributed by atoms with E-state index in [1.807, 2.05) is 32.9 Å². The van der Waals surface area contributed by atoms with Crippen molar-refractivity contribution < 1.29 is 19.1 Å². The number of hydrogen-bond acceptors (Lipinski definition) is 6. The van der Waals surface area contributed by atoms with Gasteiger partial charge in [-0.05, 0) is 50.6 Å². The Morgan fingerprint density at radius 3 is 2.47 bits per heavy atom. The molecule has 2 amide bonds. The largest absolute Gasteiger partial charge is 0.423 e. The number of anilines is 1. The molecule has 3 heterocycles. The summed E-state index contributed by atoms with van der Waals surface area (Å²) in [5.41, 5.74) is 3.12. The Labute approximate surface area is 194 Å². The number of thiocarbonyl (C=S) groups is 1. The van der Waals surface area contributed by atoms with Gasteiger partial charge in [0, 0.05) is 11.1 Å². The minimum atomic E-state index is -0.590. The number of amides is 2. The number of nitrogens with zero attached hydrogens (tertiary/aromatic N) is 1. The van der Waals surface area contributed by atoms with Crippen LogP contribution < -0.4 is 15.0 Å². The molecule has 0 bridgehead atoms. The van der Waals surface area contributed by atoms with E-state index >= 15 is 0 Å². The molecule has 32 heavy (non-hydrogen) atoms. The Kier molecular flexibility index (Phi) is 4.61. The van der Waals surface area contributed by atoms with Crippen molar-refractivity contribution in [2.24, 2.45) is 0 Å². The third kappa shape index (κ3) is 3.10. The summed E-state index contributed by atoms with van der Waals surface area (Å²) in [6, 6.07) is 12.1. The highest BCUT2D eigenvalue weighted by atomic mass is 32.2. The van der Waals surface area contributed by atoms with Crippen molar-refractivity contribution in [1.82, 2.24) is 5.32 Å². The normalized spacial score (nSPS) is 20.8. The number of rotatable bonds is 2. The van der Waals surface area contributed by atoms with Gasteiger partial charge in [0.2, 0.25) is 0 Å². The third-order valence-corrected chi connectivity index (χ3v) is 6.86. The van der Waals surface area contributed by atoms with E-state index in [-0.39, 0.29) is 16.4 Å². The number of esters is 1. The Morgan fingerprint density at radius 2 is 1.81 bits per heavy atom. The van der Waals surface area contributed by atoms with Crippen molar-refractivity contribution in [2.75, 3.05) is 4.90 Å². The van der Waals surface area contributed by atoms with Crippen molar-refractivity contribution in [3.63, 3.8) is 0 Å². The highest BCUT2D eigenvalue weighted by Gasteiger charge is 2.47. The summed E-state index contributed by atoms with van der Waals surface area (Å²) in [4.78, 5) is 40.8. The van der Waals surface area contributed by atoms with E-state index < -0.39 is 17.4 Å². The molecule has 0 unspecified atom stereocenters. The second-order valence-electron chi connectivity index (χ2n) is 8.29. The fourth-order valence-electron chi connectivity index (χ4n) is 4.39. The molecule has 0 aliphatic carbocycles. The molecule has 0 aromatic heterocycles. The van der Waals surface area contributed by atoms with Gasteiger partial charge in [0.15, 0.2) is 0 Å². The summed E-state index contributed by atoms with van der Waals surface area (Å²) >= 11 is 6.21. The van der Waals surface area contributed by atoms with Crippen LogP contribution in [0.3, 0.4) is 0 Å². The van der Waals surface area contributed by atoms with Gasteiger partial charge in [0.05, 0.1) is 27.3 Å². The fourth-order valence-corrected chi connectivity index (χ4v) is 5.50. The Bertz CT molecular complexity index is 1310. The van der Waals surface area contributed by atoms with Crippen LogP contribution in [0.1, 0.15) is 42.3 Å². The quantitative estimate of drug-likeness (QED) is 0.310. The van der Waals surface area contributed by atoms with Crippen LogP contribution in [0.5, 0.6) is 5.75 Å². The van der Waals surface area contributed by atoms with E-state index in [0.29, 0.717) is 26.9 Å². The van der Waals surface area contributed by atoms with Crippen LogP contribution in [0.25, 0.3) is 11.1 Å². The fraction of sp³-hybridized carbons (Fsp3) is 0.167. The average Bonchev–Trinajstić information content (AvgIpc) is 3.21. The first-order valence-corrected chi connectivity index (χ1v) is 11.2. The number of allylic oxidation sites excluding steroid dienone is 1. The van der Waals surface area contributed by atoms with E-state index in [2.05, 4.69) is 5.32 Å². The maximum Gasteiger partial charge on any atom is 0.343 e. The van der Waals surface area contributed by atoms with Crippen LogP contribution in [0.2, 0.25) is 0 Å². The second kappa shape index (κ2) is 7.15. The third-order valence-electron chi connectivity index (χ3n) is 5.63. The Balaban J connectivity index is 1.70. The number of carbonyl (C=O) groups is 3. The van der Waals surface area contributed by atoms with Crippen LogP contribution in [-0.4, -0.2) is 27.6 Å². The van der Waals surface area contributed by atoms with Crippen molar-refractivity contribution in [3.05, 3.63) is 70.1 Å². The predicted octanol–water partition coefficient (Wildman–Crippen LogP) is 4.31. The summed E-state index contributed by atoms with van der Waals surface area (Å²) in [5.74, 6) is -0.867. The minimum Gasteiger partial charge on any atom is -0.423 e. The lowest BCUT2D eigenvalue weighted by molar-refractivity contribution is -0.116. The highest BCUT2D eigenvalue weighted by molar-refractivity contribution is 8.27. The standard InChI is InChI=1S/C24H18N2O4S2/c1-12-11-24(2,3)26-18-15(12)9-14(30-22(29)13-7-5-4-6-8-13)10-16(18)17(21(26)28)19-20(27)25-23(31)32-19/h4-11H,1-3H3,(H,25,27,31)/b19-17-. The van der Waals surface area contributed by atoms with Crippen LogP contribution in [0.4, 0.5) is 5.69 Å². The summed E-state index contributed by atoms with van der Waals surface area (Å²) < 4.78 is 5.98. The van der Waals surface area contributed by atoms with E-state index in [1.54, 1.807) is 41.3 Å².